The first kappa shape index (κ1) is 69.8. The van der Waals surface area contributed by atoms with Gasteiger partial charge < -0.3 is 159 Å². The van der Waals surface area contributed by atoms with Crippen molar-refractivity contribution >= 4 is 5.97 Å². The molecule has 10 aliphatic rings. The fourth-order valence-corrected chi connectivity index (χ4v) is 16.3. The van der Waals surface area contributed by atoms with Crippen LogP contribution in [0.1, 0.15) is 71.6 Å². The summed E-state index contributed by atoms with van der Waals surface area (Å²) in [5, 5.41) is 214. The molecule has 0 amide bonds. The highest BCUT2D eigenvalue weighted by molar-refractivity contribution is 5.77. The maximum Gasteiger partial charge on any atom is 0.314 e. The van der Waals surface area contributed by atoms with Gasteiger partial charge in [0, 0.05) is 0 Å². The van der Waals surface area contributed by atoms with Gasteiger partial charge in [0.2, 0.25) is 6.29 Å². The van der Waals surface area contributed by atoms with Gasteiger partial charge in [-0.15, -0.1) is 0 Å². The predicted octanol–water partition coefficient (Wildman–Crippen LogP) is -9.47. The van der Waals surface area contributed by atoms with Gasteiger partial charge in [-0.05, 0) is 86.5 Å². The quantitative estimate of drug-likeness (QED) is 0.0344. The van der Waals surface area contributed by atoms with Crippen molar-refractivity contribution in [2.45, 2.75) is 261 Å². The van der Waals surface area contributed by atoms with Gasteiger partial charge in [-0.25, -0.2) is 0 Å². The normalized spacial score (nSPS) is 54.5. The zero-order valence-electron chi connectivity index (χ0n) is 49.0. The van der Waals surface area contributed by atoms with E-state index in [0.29, 0.717) is 50.5 Å². The minimum Gasteiger partial charge on any atom is -0.432 e. The number of aliphatic hydroxyl groups is 20. The molecule has 2 bridgehead atoms. The van der Waals surface area contributed by atoms with Crippen molar-refractivity contribution in [3.05, 3.63) is 12.2 Å². The molecule has 6 saturated heterocycles. The molecule has 10 fully saturated rings. The fourth-order valence-electron chi connectivity index (χ4n) is 16.3. The third-order valence-corrected chi connectivity index (χ3v) is 21.3. The Labute approximate surface area is 509 Å². The lowest BCUT2D eigenvalue weighted by Gasteiger charge is -2.64. The number of fused-ring (bicyclic) bond motifs is 3. The van der Waals surface area contributed by atoms with Crippen molar-refractivity contribution in [2.75, 3.05) is 39.6 Å². The molecule has 33 heteroatoms. The molecule has 6 heterocycles. The number of ether oxygens (including phenoxy) is 12. The van der Waals surface area contributed by atoms with E-state index in [1.54, 1.807) is 6.92 Å². The molecule has 89 heavy (non-hydrogen) atoms. The van der Waals surface area contributed by atoms with E-state index in [1.807, 2.05) is 0 Å². The number of carbonyl (C=O) groups excluding carboxylic acids is 1. The molecule has 0 aromatic rings. The van der Waals surface area contributed by atoms with Crippen molar-refractivity contribution in [3.63, 3.8) is 0 Å². The second kappa shape index (κ2) is 27.2. The summed E-state index contributed by atoms with van der Waals surface area (Å²) in [6.45, 7) is 3.37. The third kappa shape index (κ3) is 12.4. The summed E-state index contributed by atoms with van der Waals surface area (Å²) in [5.41, 5.74) is -3.09. The van der Waals surface area contributed by atoms with Gasteiger partial charge in [-0.3, -0.25) is 4.79 Å². The van der Waals surface area contributed by atoms with Crippen LogP contribution in [0, 0.1) is 28.1 Å². The van der Waals surface area contributed by atoms with Crippen LogP contribution in [-0.2, 0) is 61.6 Å². The van der Waals surface area contributed by atoms with Crippen molar-refractivity contribution < 1.29 is 164 Å². The number of rotatable bonds is 18. The van der Waals surface area contributed by atoms with Gasteiger partial charge in [0.05, 0.1) is 50.7 Å². The Hall–Kier alpha value is -2.03. The molecule has 20 N–H and O–H groups in total. The largest absolute Gasteiger partial charge is 0.432 e. The SMILES string of the molecule is C=C1CC23CCC4[C@](C)(C(=O)OC5OC(CO)C(O)C(O)C5OC5OC(CO)C(O)C(O)C5O)CCC[C@@]4(C)[C@@H]2CC[C@]1(OC1OC(CO)C(O)C(OC2OC(COC4OC(CO)C(O)C(O)C4O)C(O)C(O)C2O)C1OC1OC(CO)C(O)C(O)C1O)C3. The van der Waals surface area contributed by atoms with Gasteiger partial charge in [0.15, 0.2) is 37.6 Å². The number of aliphatic hydroxyl groups excluding tert-OH is 20. The Morgan fingerprint density at radius 1 is 0.449 bits per heavy atom. The second-order valence-corrected chi connectivity index (χ2v) is 26.5. The Morgan fingerprint density at radius 2 is 0.865 bits per heavy atom. The highest BCUT2D eigenvalue weighted by Gasteiger charge is 2.70. The highest BCUT2D eigenvalue weighted by Crippen LogP contribution is 2.74. The van der Waals surface area contributed by atoms with Gasteiger partial charge >= 0.3 is 5.97 Å². The zero-order chi connectivity index (χ0) is 64.7. The van der Waals surface area contributed by atoms with Crippen LogP contribution in [0.4, 0.5) is 0 Å². The topological polar surface area (TPSA) is 532 Å². The molecule has 4 saturated carbocycles. The van der Waals surface area contributed by atoms with Crippen molar-refractivity contribution in [1.29, 1.82) is 0 Å². The van der Waals surface area contributed by atoms with Crippen LogP contribution >= 0.6 is 0 Å². The molecule has 32 unspecified atom stereocenters. The summed E-state index contributed by atoms with van der Waals surface area (Å²) in [7, 11) is 0. The van der Waals surface area contributed by atoms with E-state index in [0.717, 1.165) is 0 Å². The van der Waals surface area contributed by atoms with Crippen molar-refractivity contribution in [3.8, 4) is 0 Å². The Morgan fingerprint density at radius 3 is 1.39 bits per heavy atom. The van der Waals surface area contributed by atoms with E-state index < -0.39 is 252 Å². The van der Waals surface area contributed by atoms with Gasteiger partial charge in [-0.2, -0.15) is 0 Å². The second-order valence-electron chi connectivity index (χ2n) is 26.5. The molecule has 36 atom stereocenters. The molecular formula is C56H90O33. The summed E-state index contributed by atoms with van der Waals surface area (Å²) in [5.74, 6) is -1.26. The van der Waals surface area contributed by atoms with Crippen LogP contribution in [0.5, 0.6) is 0 Å². The lowest BCUT2D eigenvalue weighted by Crippen LogP contribution is -2.68. The molecule has 33 nitrogen and oxygen atoms in total. The molecule has 0 aromatic heterocycles. The molecular weight excluding hydrogens is 1200 g/mol. The Bertz CT molecular complexity index is 2400. The summed E-state index contributed by atoms with van der Waals surface area (Å²) in [4.78, 5) is 15.0. The number of carbonyl (C=O) groups is 1. The Kier molecular flexibility index (Phi) is 21.4. The molecule has 0 radical (unpaired) electrons. The van der Waals surface area contributed by atoms with Crippen LogP contribution in [0.3, 0.4) is 0 Å². The predicted molar refractivity (Wildman–Crippen MR) is 284 cm³/mol. The number of hydrogen-bond donors (Lipinski definition) is 20. The van der Waals surface area contributed by atoms with Crippen LogP contribution in [0.2, 0.25) is 0 Å². The van der Waals surface area contributed by atoms with Gasteiger partial charge in [0.25, 0.3) is 0 Å². The maximum atomic E-state index is 15.0. The first-order valence-corrected chi connectivity index (χ1v) is 30.4. The first-order chi connectivity index (χ1) is 42.1. The standard InChI is InChI=1S/C56H90O33/c1-19-11-55-9-5-26-53(2,7-4-8-54(26,3)52(77)88-50-44(38(72)31(65)23(15-60)82-50)86-47-40(74)35(69)29(63)21(13-58)80-47)27(55)6-10-56(19,18-55)89-51-45(87-48-41(75)36(70)30(64)22(14-59)81-48)43(33(67)24(16-61)83-51)85-49-42(76)37(71)32(66)25(84-49)17-78-46-39(73)34(68)28(62)20(12-57)79-46/h20-51,57-76H,1,4-18H2,2-3H3/t20?,21?,22?,23?,24?,25?,26?,27-,28?,29?,30?,31?,32?,33?,34?,35?,36?,37?,38?,39?,40?,41?,42?,43?,44?,45?,46?,47?,48?,49?,50?,51?,53+,54+,55?,56-/m0/s1. The van der Waals surface area contributed by atoms with E-state index in [1.165, 1.54) is 0 Å². The average Bonchev–Trinajstić information content (AvgIpc) is 1.62. The van der Waals surface area contributed by atoms with Gasteiger partial charge in [-0.1, -0.05) is 19.9 Å². The number of esters is 1. The molecule has 512 valence electrons. The van der Waals surface area contributed by atoms with E-state index in [4.69, 9.17) is 56.8 Å². The molecule has 6 aliphatic heterocycles. The molecule has 4 aliphatic carbocycles. The maximum absolute atomic E-state index is 15.0. The van der Waals surface area contributed by atoms with Crippen LogP contribution in [0.25, 0.3) is 0 Å². The first-order valence-electron chi connectivity index (χ1n) is 30.4. The highest BCUT2D eigenvalue weighted by atomic mass is 16.8. The van der Waals surface area contributed by atoms with E-state index in [9.17, 15) is 107 Å². The van der Waals surface area contributed by atoms with Crippen molar-refractivity contribution in [1.82, 2.24) is 0 Å². The monoisotopic (exact) mass is 1290 g/mol. The average molecular weight is 1290 g/mol. The fraction of sp³-hybridized carbons (Fsp3) is 0.946. The van der Waals surface area contributed by atoms with Crippen molar-refractivity contribution in [2.24, 2.45) is 28.1 Å². The molecule has 1 spiro atoms. The lowest BCUT2D eigenvalue weighted by atomic mass is 9.41. The number of hydrogen-bond acceptors (Lipinski definition) is 33. The van der Waals surface area contributed by atoms with Crippen LogP contribution < -0.4 is 0 Å². The van der Waals surface area contributed by atoms with Crippen LogP contribution in [0.15, 0.2) is 12.2 Å². The summed E-state index contributed by atoms with van der Waals surface area (Å²) in [6.07, 6.45) is -51.0. The Balaban J connectivity index is 0.895. The summed E-state index contributed by atoms with van der Waals surface area (Å²) >= 11 is 0. The zero-order valence-corrected chi connectivity index (χ0v) is 49.0. The van der Waals surface area contributed by atoms with E-state index in [-0.39, 0.29) is 24.7 Å². The summed E-state index contributed by atoms with van der Waals surface area (Å²) < 4.78 is 72.0. The minimum atomic E-state index is -2.14. The third-order valence-electron chi connectivity index (χ3n) is 21.3. The van der Waals surface area contributed by atoms with E-state index in [2.05, 4.69) is 13.5 Å². The van der Waals surface area contributed by atoms with E-state index >= 15 is 0 Å². The van der Waals surface area contributed by atoms with Gasteiger partial charge in [0.1, 0.15) is 140 Å². The lowest BCUT2D eigenvalue weighted by molar-refractivity contribution is -0.401. The minimum absolute atomic E-state index is 0.123. The van der Waals surface area contributed by atoms with Crippen LogP contribution in [-0.4, -0.2) is 338 Å². The molecule has 0 aromatic carbocycles. The smallest absolute Gasteiger partial charge is 0.314 e. The molecule has 10 rings (SSSR count). The summed E-state index contributed by atoms with van der Waals surface area (Å²) in [6, 6.07) is 0.